The zero-order valence-corrected chi connectivity index (χ0v) is 15.4. The topological polar surface area (TPSA) is 106 Å². The third-order valence-electron chi connectivity index (χ3n) is 4.48. The standard InChI is InChI=1S/C15H20N6O2S2/c16-14-20-19-12(25-14)8-17-13(22)9-1-2-11-10(7-9)18-15(24-11)21-3-5-23-6-4-21/h9H,1-8H2,(H2,16,20)(H,17,22). The van der Waals surface area contributed by atoms with E-state index in [-0.39, 0.29) is 11.8 Å². The van der Waals surface area contributed by atoms with Crippen molar-refractivity contribution in [1.82, 2.24) is 20.5 Å². The van der Waals surface area contributed by atoms with E-state index in [2.05, 4.69) is 20.4 Å². The molecule has 8 nitrogen and oxygen atoms in total. The summed E-state index contributed by atoms with van der Waals surface area (Å²) < 4.78 is 5.40. The molecular weight excluding hydrogens is 360 g/mol. The van der Waals surface area contributed by atoms with Crippen molar-refractivity contribution in [2.45, 2.75) is 25.8 Å². The van der Waals surface area contributed by atoms with E-state index >= 15 is 0 Å². The number of nitrogens with zero attached hydrogens (tertiary/aromatic N) is 4. The number of carbonyl (C=O) groups excluding carboxylic acids is 1. The summed E-state index contributed by atoms with van der Waals surface area (Å²) in [4.78, 5) is 20.9. The second-order valence-electron chi connectivity index (χ2n) is 6.16. The normalized spacial score (nSPS) is 20.3. The first kappa shape index (κ1) is 16.7. The predicted molar refractivity (Wildman–Crippen MR) is 96.8 cm³/mol. The van der Waals surface area contributed by atoms with Gasteiger partial charge in [-0.05, 0) is 12.8 Å². The number of nitrogens with two attached hydrogens (primary N) is 1. The van der Waals surface area contributed by atoms with Gasteiger partial charge in [0.25, 0.3) is 0 Å². The fourth-order valence-electron chi connectivity index (χ4n) is 3.12. The van der Waals surface area contributed by atoms with Gasteiger partial charge in [0.1, 0.15) is 5.01 Å². The highest BCUT2D eigenvalue weighted by molar-refractivity contribution is 7.15. The highest BCUT2D eigenvalue weighted by atomic mass is 32.1. The number of aryl methyl sites for hydroxylation is 1. The molecule has 2 aromatic rings. The van der Waals surface area contributed by atoms with Gasteiger partial charge in [-0.3, -0.25) is 4.79 Å². The van der Waals surface area contributed by atoms with Crippen molar-refractivity contribution in [2.24, 2.45) is 5.92 Å². The Bertz CT molecular complexity index is 755. The number of aromatic nitrogens is 3. The van der Waals surface area contributed by atoms with Crippen molar-refractivity contribution >= 4 is 38.8 Å². The second-order valence-corrected chi connectivity index (χ2v) is 8.31. The number of nitrogen functional groups attached to an aromatic ring is 1. The molecule has 3 N–H and O–H groups in total. The van der Waals surface area contributed by atoms with E-state index in [1.807, 2.05) is 0 Å². The van der Waals surface area contributed by atoms with Crippen LogP contribution in [0, 0.1) is 5.92 Å². The minimum atomic E-state index is -0.0302. The highest BCUT2D eigenvalue weighted by Gasteiger charge is 2.28. The summed E-state index contributed by atoms with van der Waals surface area (Å²) in [5.74, 6) is 0.0257. The summed E-state index contributed by atoms with van der Waals surface area (Å²) in [6, 6.07) is 0. The smallest absolute Gasteiger partial charge is 0.223 e. The van der Waals surface area contributed by atoms with Crippen LogP contribution < -0.4 is 16.0 Å². The van der Waals surface area contributed by atoms with Crippen molar-refractivity contribution in [3.63, 3.8) is 0 Å². The Labute approximate surface area is 153 Å². The molecular formula is C15H20N6O2S2. The third-order valence-corrected chi connectivity index (χ3v) is 6.45. The molecule has 0 spiro atoms. The molecule has 1 unspecified atom stereocenters. The molecule has 0 aromatic carbocycles. The molecule has 0 bridgehead atoms. The Morgan fingerprint density at radius 2 is 2.16 bits per heavy atom. The molecule has 1 amide bonds. The maximum atomic E-state index is 12.5. The average molecular weight is 380 g/mol. The fraction of sp³-hybridized carbons (Fsp3) is 0.600. The van der Waals surface area contributed by atoms with Crippen LogP contribution >= 0.6 is 22.7 Å². The van der Waals surface area contributed by atoms with Crippen LogP contribution in [0.1, 0.15) is 22.0 Å². The first-order valence-electron chi connectivity index (χ1n) is 8.36. The highest BCUT2D eigenvalue weighted by Crippen LogP contribution is 2.34. The fourth-order valence-corrected chi connectivity index (χ4v) is 4.83. The van der Waals surface area contributed by atoms with E-state index < -0.39 is 0 Å². The molecule has 1 aliphatic carbocycles. The van der Waals surface area contributed by atoms with Gasteiger partial charge in [-0.15, -0.1) is 21.5 Å². The summed E-state index contributed by atoms with van der Waals surface area (Å²) >= 11 is 3.06. The van der Waals surface area contributed by atoms with E-state index in [0.717, 1.165) is 55.0 Å². The monoisotopic (exact) mass is 380 g/mol. The molecule has 0 saturated carbocycles. The lowest BCUT2D eigenvalue weighted by atomic mass is 9.90. The number of anilines is 2. The van der Waals surface area contributed by atoms with Crippen LogP contribution in [0.4, 0.5) is 10.3 Å². The van der Waals surface area contributed by atoms with Gasteiger partial charge in [-0.2, -0.15) is 0 Å². The molecule has 10 heteroatoms. The number of rotatable bonds is 4. The summed E-state index contributed by atoms with van der Waals surface area (Å²) in [5, 5.41) is 12.8. The molecule has 1 fully saturated rings. The third kappa shape index (κ3) is 3.75. The summed E-state index contributed by atoms with van der Waals surface area (Å²) in [7, 11) is 0. The van der Waals surface area contributed by atoms with Crippen LogP contribution in [0.25, 0.3) is 0 Å². The number of ether oxygens (including phenoxy) is 1. The van der Waals surface area contributed by atoms with Gasteiger partial charge in [-0.25, -0.2) is 4.98 Å². The minimum absolute atomic E-state index is 0.0302. The Kier molecular flexibility index (Phi) is 4.82. The molecule has 0 radical (unpaired) electrons. The van der Waals surface area contributed by atoms with Crippen LogP contribution in [0.2, 0.25) is 0 Å². The molecule has 2 aliphatic rings. The number of hydrogen-bond donors (Lipinski definition) is 2. The molecule has 1 saturated heterocycles. The van der Waals surface area contributed by atoms with Crippen LogP contribution in [-0.4, -0.2) is 47.4 Å². The van der Waals surface area contributed by atoms with E-state index in [0.29, 0.717) is 18.1 Å². The van der Waals surface area contributed by atoms with E-state index in [1.165, 1.54) is 16.2 Å². The van der Waals surface area contributed by atoms with E-state index in [9.17, 15) is 4.79 Å². The first-order valence-corrected chi connectivity index (χ1v) is 9.99. The zero-order valence-electron chi connectivity index (χ0n) is 13.7. The van der Waals surface area contributed by atoms with Crippen molar-refractivity contribution in [3.8, 4) is 0 Å². The minimum Gasteiger partial charge on any atom is -0.378 e. The number of amides is 1. The Hall–Kier alpha value is -1.78. The van der Waals surface area contributed by atoms with Gasteiger partial charge >= 0.3 is 0 Å². The van der Waals surface area contributed by atoms with Gasteiger partial charge in [0.2, 0.25) is 11.0 Å². The van der Waals surface area contributed by atoms with Crippen LogP contribution in [-0.2, 0) is 28.9 Å². The SMILES string of the molecule is Nc1nnc(CNC(=O)C2CCc3sc(N4CCOCC4)nc3C2)s1. The van der Waals surface area contributed by atoms with Gasteiger partial charge in [0.15, 0.2) is 5.13 Å². The van der Waals surface area contributed by atoms with Crippen LogP contribution in [0.3, 0.4) is 0 Å². The number of morpholine rings is 1. The molecule has 25 heavy (non-hydrogen) atoms. The van der Waals surface area contributed by atoms with Crippen molar-refractivity contribution in [2.75, 3.05) is 36.9 Å². The second kappa shape index (κ2) is 7.22. The number of thiazole rings is 1. The largest absolute Gasteiger partial charge is 0.378 e. The lowest BCUT2D eigenvalue weighted by Gasteiger charge is -2.26. The first-order chi connectivity index (χ1) is 12.2. The maximum Gasteiger partial charge on any atom is 0.223 e. The summed E-state index contributed by atoms with van der Waals surface area (Å²) in [5.41, 5.74) is 6.64. The van der Waals surface area contributed by atoms with Gasteiger partial charge in [0, 0.05) is 30.3 Å². The Balaban J connectivity index is 1.36. The lowest BCUT2D eigenvalue weighted by Crippen LogP contribution is -2.36. The molecule has 3 heterocycles. The molecule has 2 aromatic heterocycles. The number of hydrogen-bond acceptors (Lipinski definition) is 9. The number of carbonyl (C=O) groups is 1. The Morgan fingerprint density at radius 1 is 1.32 bits per heavy atom. The predicted octanol–water partition coefficient (Wildman–Crippen LogP) is 0.835. The quantitative estimate of drug-likeness (QED) is 0.809. The summed E-state index contributed by atoms with van der Waals surface area (Å²) in [6.45, 7) is 3.67. The van der Waals surface area contributed by atoms with Crippen LogP contribution in [0.5, 0.6) is 0 Å². The average Bonchev–Trinajstić information content (AvgIpc) is 3.25. The number of nitrogens with one attached hydrogen (secondary N) is 1. The van der Waals surface area contributed by atoms with Crippen molar-refractivity contribution in [3.05, 3.63) is 15.6 Å². The van der Waals surface area contributed by atoms with Gasteiger partial charge in [0.05, 0.1) is 25.5 Å². The summed E-state index contributed by atoms with van der Waals surface area (Å²) in [6.07, 6.45) is 2.49. The maximum absolute atomic E-state index is 12.5. The number of fused-ring (bicyclic) bond motifs is 1. The van der Waals surface area contributed by atoms with Gasteiger partial charge < -0.3 is 20.7 Å². The van der Waals surface area contributed by atoms with Crippen LogP contribution in [0.15, 0.2) is 0 Å². The molecule has 4 rings (SSSR count). The Morgan fingerprint density at radius 3 is 2.92 bits per heavy atom. The van der Waals surface area contributed by atoms with Crippen molar-refractivity contribution in [1.29, 1.82) is 0 Å². The zero-order chi connectivity index (χ0) is 17.2. The lowest BCUT2D eigenvalue weighted by molar-refractivity contribution is -0.125. The van der Waals surface area contributed by atoms with E-state index in [4.69, 9.17) is 15.5 Å². The van der Waals surface area contributed by atoms with Gasteiger partial charge in [-0.1, -0.05) is 11.3 Å². The van der Waals surface area contributed by atoms with E-state index in [1.54, 1.807) is 11.3 Å². The molecule has 1 aliphatic heterocycles. The molecule has 134 valence electrons. The van der Waals surface area contributed by atoms with Crippen molar-refractivity contribution < 1.29 is 9.53 Å². The molecule has 1 atom stereocenters.